The first-order valence-corrected chi connectivity index (χ1v) is 4.24. The Kier molecular flexibility index (Phi) is 2.57. The second-order valence-corrected chi connectivity index (χ2v) is 3.25. The Morgan fingerprint density at radius 3 is 2.38 bits per heavy atom. The highest BCUT2D eigenvalue weighted by Gasteiger charge is 2.04. The number of hydrogen-bond acceptors (Lipinski definition) is 1. The molecule has 1 aromatic rings. The summed E-state index contributed by atoms with van der Waals surface area (Å²) >= 11 is 0. The van der Waals surface area contributed by atoms with Crippen molar-refractivity contribution in [1.82, 2.24) is 0 Å². The lowest BCUT2D eigenvalue weighted by Crippen LogP contribution is -1.99. The topological polar surface area (TPSA) is 26.0 Å². The molecule has 2 N–H and O–H groups in total. The van der Waals surface area contributed by atoms with Crippen molar-refractivity contribution in [2.24, 2.45) is 5.73 Å². The molecule has 68 valence electrons. The van der Waals surface area contributed by atoms with Crippen LogP contribution in [0, 0.1) is 13.8 Å². The first-order chi connectivity index (χ1) is 6.04. The molecule has 13 heavy (non-hydrogen) atoms. The maximum Gasteiger partial charge on any atom is 0.0314 e. The molecular weight excluding hydrogens is 158 g/mol. The van der Waals surface area contributed by atoms with Crippen molar-refractivity contribution in [3.05, 3.63) is 53.7 Å². The van der Waals surface area contributed by atoms with Crippen LogP contribution in [0.4, 0.5) is 0 Å². The Labute approximate surface area is 79.6 Å². The van der Waals surface area contributed by atoms with Crippen molar-refractivity contribution in [3.63, 3.8) is 0 Å². The number of aryl methyl sites for hydroxylation is 1. The molecule has 0 amide bonds. The predicted molar refractivity (Wildman–Crippen MR) is 58.3 cm³/mol. The Balaban J connectivity index is 3.23. The summed E-state index contributed by atoms with van der Waals surface area (Å²) in [7, 11) is 0. The van der Waals surface area contributed by atoms with Crippen LogP contribution in [0.3, 0.4) is 0 Å². The molecule has 0 radical (unpaired) electrons. The fraction of sp³-hybridized carbons (Fsp3) is 0.167. The summed E-state index contributed by atoms with van der Waals surface area (Å²) < 4.78 is 0. The highest BCUT2D eigenvalue weighted by Crippen LogP contribution is 2.22. The van der Waals surface area contributed by atoms with Gasteiger partial charge in [-0.25, -0.2) is 0 Å². The predicted octanol–water partition coefficient (Wildman–Crippen LogP) is 2.79. The Hall–Kier alpha value is -1.50. The molecule has 0 aliphatic heterocycles. The van der Waals surface area contributed by atoms with Crippen LogP contribution in [0.5, 0.6) is 0 Å². The van der Waals surface area contributed by atoms with Gasteiger partial charge in [0, 0.05) is 5.70 Å². The highest BCUT2D eigenvalue weighted by molar-refractivity contribution is 5.77. The van der Waals surface area contributed by atoms with Crippen molar-refractivity contribution >= 4 is 5.57 Å². The number of hydrogen-bond donors (Lipinski definition) is 1. The van der Waals surface area contributed by atoms with Gasteiger partial charge < -0.3 is 5.73 Å². The molecule has 0 fully saturated rings. The first-order valence-electron chi connectivity index (χ1n) is 4.24. The molecule has 0 unspecified atom stereocenters. The molecule has 0 atom stereocenters. The third-order valence-corrected chi connectivity index (χ3v) is 2.32. The van der Waals surface area contributed by atoms with E-state index in [1.807, 2.05) is 12.1 Å². The van der Waals surface area contributed by atoms with E-state index in [-0.39, 0.29) is 0 Å². The van der Waals surface area contributed by atoms with Crippen LogP contribution in [0.1, 0.15) is 16.7 Å². The minimum Gasteiger partial charge on any atom is -0.399 e. The van der Waals surface area contributed by atoms with E-state index >= 15 is 0 Å². The van der Waals surface area contributed by atoms with E-state index < -0.39 is 0 Å². The molecule has 1 aromatic carbocycles. The van der Waals surface area contributed by atoms with Crippen LogP contribution in [0.15, 0.2) is 37.1 Å². The summed E-state index contributed by atoms with van der Waals surface area (Å²) in [5.74, 6) is 0. The molecule has 1 heteroatoms. The number of rotatable bonds is 2. The molecule has 1 rings (SSSR count). The van der Waals surface area contributed by atoms with E-state index in [4.69, 9.17) is 5.73 Å². The average molecular weight is 173 g/mol. The fourth-order valence-corrected chi connectivity index (χ4v) is 1.25. The Bertz CT molecular complexity index is 361. The Morgan fingerprint density at radius 1 is 1.23 bits per heavy atom. The summed E-state index contributed by atoms with van der Waals surface area (Å²) in [6, 6.07) is 6.10. The fourth-order valence-electron chi connectivity index (χ4n) is 1.25. The van der Waals surface area contributed by atoms with E-state index in [1.165, 1.54) is 11.1 Å². The van der Waals surface area contributed by atoms with Gasteiger partial charge in [-0.15, -0.1) is 0 Å². The Morgan fingerprint density at radius 2 is 1.85 bits per heavy atom. The number of nitrogens with two attached hydrogens (primary N) is 1. The van der Waals surface area contributed by atoms with E-state index in [2.05, 4.69) is 33.1 Å². The third-order valence-electron chi connectivity index (χ3n) is 2.32. The van der Waals surface area contributed by atoms with Gasteiger partial charge in [-0.2, -0.15) is 0 Å². The normalized spacial score (nSPS) is 9.69. The first kappa shape index (κ1) is 9.59. The van der Waals surface area contributed by atoms with Crippen molar-refractivity contribution < 1.29 is 0 Å². The third kappa shape index (κ3) is 1.81. The van der Waals surface area contributed by atoms with E-state index in [0.717, 1.165) is 11.1 Å². The van der Waals surface area contributed by atoms with E-state index in [1.54, 1.807) is 0 Å². The second kappa shape index (κ2) is 3.48. The van der Waals surface area contributed by atoms with E-state index in [9.17, 15) is 0 Å². The van der Waals surface area contributed by atoms with Crippen LogP contribution in [0.25, 0.3) is 5.57 Å². The maximum atomic E-state index is 5.59. The standard InChI is InChI=1S/C12H15N/c1-8-6-5-7-12(9(8)2)10(3)11(4)13/h5-7H,3-4,13H2,1-2H3. The van der Waals surface area contributed by atoms with Gasteiger partial charge in [0.1, 0.15) is 0 Å². The van der Waals surface area contributed by atoms with Gasteiger partial charge in [0.15, 0.2) is 0 Å². The highest BCUT2D eigenvalue weighted by atomic mass is 14.6. The van der Waals surface area contributed by atoms with Crippen LogP contribution in [-0.2, 0) is 0 Å². The van der Waals surface area contributed by atoms with Gasteiger partial charge in [0.05, 0.1) is 0 Å². The zero-order valence-corrected chi connectivity index (χ0v) is 8.22. The zero-order valence-electron chi connectivity index (χ0n) is 8.22. The van der Waals surface area contributed by atoms with Gasteiger partial charge >= 0.3 is 0 Å². The minimum atomic E-state index is 0.536. The van der Waals surface area contributed by atoms with Gasteiger partial charge in [-0.05, 0) is 36.1 Å². The monoisotopic (exact) mass is 173 g/mol. The molecule has 0 saturated carbocycles. The van der Waals surface area contributed by atoms with Crippen LogP contribution in [0.2, 0.25) is 0 Å². The van der Waals surface area contributed by atoms with Gasteiger partial charge in [0.2, 0.25) is 0 Å². The lowest BCUT2D eigenvalue weighted by atomic mass is 9.97. The molecule has 0 aromatic heterocycles. The second-order valence-electron chi connectivity index (χ2n) is 3.25. The average Bonchev–Trinajstić information content (AvgIpc) is 2.08. The molecule has 0 aliphatic carbocycles. The minimum absolute atomic E-state index is 0.536. The SMILES string of the molecule is C=C(N)C(=C)c1cccc(C)c1C. The van der Waals surface area contributed by atoms with Crippen LogP contribution < -0.4 is 5.73 Å². The van der Waals surface area contributed by atoms with Crippen LogP contribution >= 0.6 is 0 Å². The molecule has 0 saturated heterocycles. The molecule has 0 heterocycles. The number of allylic oxidation sites excluding steroid dienone is 1. The van der Waals surface area contributed by atoms with Crippen molar-refractivity contribution in [3.8, 4) is 0 Å². The molecule has 0 aliphatic rings. The van der Waals surface area contributed by atoms with Gasteiger partial charge in [-0.3, -0.25) is 0 Å². The summed E-state index contributed by atoms with van der Waals surface area (Å²) in [5.41, 5.74) is 10.5. The quantitative estimate of drug-likeness (QED) is 0.684. The smallest absolute Gasteiger partial charge is 0.0314 e. The van der Waals surface area contributed by atoms with Crippen LogP contribution in [-0.4, -0.2) is 0 Å². The summed E-state index contributed by atoms with van der Waals surface area (Å²) in [4.78, 5) is 0. The summed E-state index contributed by atoms with van der Waals surface area (Å²) in [6.45, 7) is 11.7. The van der Waals surface area contributed by atoms with Gasteiger partial charge in [0.25, 0.3) is 0 Å². The van der Waals surface area contributed by atoms with E-state index in [0.29, 0.717) is 5.70 Å². The van der Waals surface area contributed by atoms with Crippen molar-refractivity contribution in [1.29, 1.82) is 0 Å². The summed E-state index contributed by atoms with van der Waals surface area (Å²) in [5, 5.41) is 0. The van der Waals surface area contributed by atoms with Crippen molar-refractivity contribution in [2.75, 3.05) is 0 Å². The zero-order chi connectivity index (χ0) is 10.0. The largest absolute Gasteiger partial charge is 0.399 e. The summed E-state index contributed by atoms with van der Waals surface area (Å²) in [6.07, 6.45) is 0. The van der Waals surface area contributed by atoms with Gasteiger partial charge in [-0.1, -0.05) is 31.4 Å². The molecule has 0 bridgehead atoms. The molecule has 1 nitrogen and oxygen atoms in total. The lowest BCUT2D eigenvalue weighted by molar-refractivity contribution is 1.30. The lowest BCUT2D eigenvalue weighted by Gasteiger charge is -2.10. The maximum absolute atomic E-state index is 5.59. The van der Waals surface area contributed by atoms with Crippen molar-refractivity contribution in [2.45, 2.75) is 13.8 Å². The number of benzene rings is 1. The molecular formula is C12H15N. The molecule has 0 spiro atoms.